The van der Waals surface area contributed by atoms with Gasteiger partial charge in [-0.2, -0.15) is 0 Å². The zero-order valence-corrected chi connectivity index (χ0v) is 18.5. The van der Waals surface area contributed by atoms with Gasteiger partial charge in [0.15, 0.2) is 11.5 Å². The maximum Gasteiger partial charge on any atom is 0.265 e. The number of thiocarbonyl (C=S) groups is 1. The number of carbonyl (C=O) groups is 1. The molecule has 0 unspecified atom stereocenters. The minimum Gasteiger partial charge on any atom is -0.493 e. The Morgan fingerprint density at radius 2 is 1.82 bits per heavy atom. The highest BCUT2D eigenvalue weighted by Gasteiger charge is 2.28. The summed E-state index contributed by atoms with van der Waals surface area (Å²) in [6.07, 6.45) is 1.80. The van der Waals surface area contributed by atoms with Crippen molar-refractivity contribution in [1.82, 2.24) is 4.90 Å². The molecule has 0 radical (unpaired) electrons. The van der Waals surface area contributed by atoms with E-state index in [2.05, 4.69) is 15.9 Å². The van der Waals surface area contributed by atoms with Gasteiger partial charge in [0.25, 0.3) is 5.91 Å². The van der Waals surface area contributed by atoms with Crippen molar-refractivity contribution in [2.45, 2.75) is 0 Å². The summed E-state index contributed by atoms with van der Waals surface area (Å²) in [6, 6.07) is 13.1. The lowest BCUT2D eigenvalue weighted by Gasteiger charge is -2.12. The van der Waals surface area contributed by atoms with Gasteiger partial charge in [0.1, 0.15) is 23.3 Å². The largest absolute Gasteiger partial charge is 0.493 e. The number of hydrogen-bond acceptors (Lipinski definition) is 6. The van der Waals surface area contributed by atoms with Crippen molar-refractivity contribution in [1.29, 1.82) is 0 Å². The first-order valence-electron chi connectivity index (χ1n) is 8.38. The van der Waals surface area contributed by atoms with Crippen molar-refractivity contribution in [3.8, 4) is 17.2 Å². The van der Waals surface area contributed by atoms with Gasteiger partial charge in [-0.25, -0.2) is 0 Å². The normalized spacial score (nSPS) is 15.2. The highest BCUT2D eigenvalue weighted by atomic mass is 79.9. The molecule has 0 saturated carbocycles. The molecule has 8 heteroatoms. The van der Waals surface area contributed by atoms with Crippen LogP contribution in [0.5, 0.6) is 17.2 Å². The second-order valence-electron chi connectivity index (χ2n) is 5.80. The maximum atomic E-state index is 12.1. The third-order valence-corrected chi connectivity index (χ3v) is 5.91. The quantitative estimate of drug-likeness (QED) is 0.324. The summed E-state index contributed by atoms with van der Waals surface area (Å²) < 4.78 is 18.4. The molecule has 2 aromatic rings. The van der Waals surface area contributed by atoms with E-state index in [-0.39, 0.29) is 5.91 Å². The van der Waals surface area contributed by atoms with Crippen LogP contribution >= 0.6 is 39.9 Å². The Bertz CT molecular complexity index is 915. The fraction of sp³-hybridized carbons (Fsp3) is 0.200. The lowest BCUT2D eigenvalue weighted by molar-refractivity contribution is -0.121. The van der Waals surface area contributed by atoms with Crippen molar-refractivity contribution < 1.29 is 19.0 Å². The number of carbonyl (C=O) groups excluding carboxylic acids is 1. The fourth-order valence-electron chi connectivity index (χ4n) is 2.43. The number of ether oxygens (including phenoxy) is 3. The summed E-state index contributed by atoms with van der Waals surface area (Å²) in [5.74, 6) is 1.88. The number of likely N-dealkylation sites (N-methyl/N-ethyl adjacent to an activating group) is 1. The van der Waals surface area contributed by atoms with E-state index in [1.165, 1.54) is 16.7 Å². The van der Waals surface area contributed by atoms with E-state index in [1.807, 2.05) is 42.5 Å². The van der Waals surface area contributed by atoms with Crippen LogP contribution in [0.25, 0.3) is 6.08 Å². The van der Waals surface area contributed by atoms with Gasteiger partial charge < -0.3 is 14.2 Å². The third kappa shape index (κ3) is 5.06. The van der Waals surface area contributed by atoms with Crippen LogP contribution in [0.2, 0.25) is 0 Å². The van der Waals surface area contributed by atoms with Crippen LogP contribution in [-0.2, 0) is 4.79 Å². The summed E-state index contributed by atoms with van der Waals surface area (Å²) in [7, 11) is 3.25. The number of nitrogens with zero attached hydrogens (tertiary/aromatic N) is 1. The van der Waals surface area contributed by atoms with Gasteiger partial charge in [0, 0.05) is 11.5 Å². The van der Waals surface area contributed by atoms with Gasteiger partial charge in [-0.1, -0.05) is 46.0 Å². The van der Waals surface area contributed by atoms with Crippen molar-refractivity contribution in [3.05, 3.63) is 57.4 Å². The first kappa shape index (κ1) is 20.7. The summed E-state index contributed by atoms with van der Waals surface area (Å²) in [5, 5.41) is 0. The molecule has 0 N–H and O–H groups in total. The Balaban J connectivity index is 1.61. The number of hydrogen-bond donors (Lipinski definition) is 0. The van der Waals surface area contributed by atoms with E-state index >= 15 is 0 Å². The zero-order chi connectivity index (χ0) is 20.1. The first-order valence-corrected chi connectivity index (χ1v) is 10.4. The van der Waals surface area contributed by atoms with Gasteiger partial charge in [0.2, 0.25) is 0 Å². The lowest BCUT2D eigenvalue weighted by atomic mass is 10.2. The van der Waals surface area contributed by atoms with Crippen molar-refractivity contribution in [3.63, 3.8) is 0 Å². The number of benzene rings is 2. The van der Waals surface area contributed by atoms with Crippen LogP contribution < -0.4 is 14.2 Å². The second kappa shape index (κ2) is 9.45. The Morgan fingerprint density at radius 1 is 1.11 bits per heavy atom. The molecule has 146 valence electrons. The molecule has 1 fully saturated rings. The molecule has 28 heavy (non-hydrogen) atoms. The third-order valence-electron chi connectivity index (χ3n) is 3.90. The molecule has 1 aliphatic rings. The van der Waals surface area contributed by atoms with Gasteiger partial charge in [-0.05, 0) is 48.0 Å². The highest BCUT2D eigenvalue weighted by molar-refractivity contribution is 9.10. The summed E-state index contributed by atoms with van der Waals surface area (Å²) in [6.45, 7) is 0.784. The van der Waals surface area contributed by atoms with Crippen LogP contribution in [-0.4, -0.2) is 42.5 Å². The monoisotopic (exact) mass is 479 g/mol. The molecule has 1 amide bonds. The summed E-state index contributed by atoms with van der Waals surface area (Å²) >= 11 is 9.83. The molecule has 3 rings (SSSR count). The number of rotatable bonds is 7. The minimum absolute atomic E-state index is 0.0978. The molecule has 0 atom stereocenters. The van der Waals surface area contributed by atoms with Crippen LogP contribution in [0.4, 0.5) is 0 Å². The molecule has 2 aromatic carbocycles. The Labute approximate surface area is 181 Å². The average molecular weight is 480 g/mol. The SMILES string of the molecule is COc1cc(C=C2SC(=S)N(C)C2=O)ccc1OCCOc1ccc(Br)cc1. The van der Waals surface area contributed by atoms with Crippen molar-refractivity contribution in [2.24, 2.45) is 0 Å². The summed E-state index contributed by atoms with van der Waals surface area (Å²) in [5.41, 5.74) is 0.837. The van der Waals surface area contributed by atoms with Crippen LogP contribution in [0, 0.1) is 0 Å². The molecule has 0 spiro atoms. The smallest absolute Gasteiger partial charge is 0.265 e. The lowest BCUT2D eigenvalue weighted by Crippen LogP contribution is -2.22. The predicted octanol–water partition coefficient (Wildman–Crippen LogP) is 4.75. The van der Waals surface area contributed by atoms with Crippen LogP contribution in [0.3, 0.4) is 0 Å². The van der Waals surface area contributed by atoms with Gasteiger partial charge in [-0.3, -0.25) is 9.69 Å². The molecule has 1 saturated heterocycles. The van der Waals surface area contributed by atoms with Crippen molar-refractivity contribution in [2.75, 3.05) is 27.4 Å². The number of amides is 1. The van der Waals surface area contributed by atoms with Gasteiger partial charge >= 0.3 is 0 Å². The average Bonchev–Trinajstić information content (AvgIpc) is 2.94. The molecule has 1 aliphatic heterocycles. The summed E-state index contributed by atoms with van der Waals surface area (Å²) in [4.78, 5) is 14.2. The van der Waals surface area contributed by atoms with E-state index in [9.17, 15) is 4.79 Å². The molecular weight excluding hydrogens is 462 g/mol. The van der Waals surface area contributed by atoms with E-state index in [4.69, 9.17) is 26.4 Å². The highest BCUT2D eigenvalue weighted by Crippen LogP contribution is 2.34. The second-order valence-corrected chi connectivity index (χ2v) is 8.39. The number of halogens is 1. The molecule has 1 heterocycles. The predicted molar refractivity (Wildman–Crippen MR) is 119 cm³/mol. The topological polar surface area (TPSA) is 48.0 Å². The van der Waals surface area contributed by atoms with Gasteiger partial charge in [-0.15, -0.1) is 0 Å². The fourth-order valence-corrected chi connectivity index (χ4v) is 3.88. The zero-order valence-electron chi connectivity index (χ0n) is 15.3. The van der Waals surface area contributed by atoms with E-state index in [1.54, 1.807) is 20.2 Å². The van der Waals surface area contributed by atoms with Gasteiger partial charge in [0.05, 0.1) is 12.0 Å². The first-order chi connectivity index (χ1) is 13.5. The molecule has 0 bridgehead atoms. The Hall–Kier alpha value is -2.03. The standard InChI is InChI=1S/C20H18BrNO4S2/c1-22-19(23)18(28-20(22)27)12-13-3-8-16(17(11-13)24-2)26-10-9-25-15-6-4-14(21)5-7-15/h3-8,11-12H,9-10H2,1-2H3. The molecule has 0 aliphatic carbocycles. The maximum absolute atomic E-state index is 12.1. The number of thioether (sulfide) groups is 1. The van der Waals surface area contributed by atoms with Crippen LogP contribution in [0.1, 0.15) is 5.56 Å². The molecular formula is C20H18BrNO4S2. The molecule has 0 aromatic heterocycles. The number of methoxy groups -OCH3 is 1. The van der Waals surface area contributed by atoms with E-state index in [0.717, 1.165) is 15.8 Å². The Kier molecular flexibility index (Phi) is 6.98. The van der Waals surface area contributed by atoms with Crippen molar-refractivity contribution >= 4 is 56.2 Å². The molecule has 5 nitrogen and oxygen atoms in total. The van der Waals surface area contributed by atoms with Crippen LogP contribution in [0.15, 0.2) is 51.8 Å². The van der Waals surface area contributed by atoms with E-state index in [0.29, 0.717) is 33.9 Å². The Morgan fingerprint density at radius 3 is 2.46 bits per heavy atom. The van der Waals surface area contributed by atoms with E-state index < -0.39 is 0 Å². The minimum atomic E-state index is -0.0978.